The summed E-state index contributed by atoms with van der Waals surface area (Å²) in [7, 11) is 0. The van der Waals surface area contributed by atoms with Crippen molar-refractivity contribution in [1.82, 2.24) is 5.32 Å². The van der Waals surface area contributed by atoms with Gasteiger partial charge in [-0.2, -0.15) is 0 Å². The molecule has 0 saturated carbocycles. The molecular formula is C19H18N2O6. The number of amides is 2. The molecule has 0 unspecified atom stereocenters. The monoisotopic (exact) mass is 370 g/mol. The van der Waals surface area contributed by atoms with Crippen LogP contribution in [0.2, 0.25) is 0 Å². The van der Waals surface area contributed by atoms with E-state index < -0.39 is 30.2 Å². The zero-order chi connectivity index (χ0) is 19.8. The van der Waals surface area contributed by atoms with E-state index in [1.165, 1.54) is 12.1 Å². The Morgan fingerprint density at radius 3 is 2.48 bits per heavy atom. The lowest BCUT2D eigenvalue weighted by atomic mass is 10.1. The molecule has 0 heterocycles. The van der Waals surface area contributed by atoms with E-state index in [1.807, 2.05) is 0 Å². The topological polar surface area (TPSA) is 136 Å². The van der Waals surface area contributed by atoms with Crippen molar-refractivity contribution in [2.45, 2.75) is 19.1 Å². The van der Waals surface area contributed by atoms with E-state index in [2.05, 4.69) is 5.32 Å². The Morgan fingerprint density at radius 2 is 1.85 bits per heavy atom. The number of nitrogens with two attached hydrogens (primary N) is 1. The number of hydrogen-bond donors (Lipinski definition) is 3. The van der Waals surface area contributed by atoms with E-state index in [4.69, 9.17) is 10.5 Å². The molecule has 0 bridgehead atoms. The zero-order valence-corrected chi connectivity index (χ0v) is 14.3. The van der Waals surface area contributed by atoms with Crippen LogP contribution in [0, 0.1) is 0 Å². The lowest BCUT2D eigenvalue weighted by Crippen LogP contribution is -2.44. The molecule has 27 heavy (non-hydrogen) atoms. The Bertz CT molecular complexity index is 851. The highest BCUT2D eigenvalue weighted by Crippen LogP contribution is 2.18. The van der Waals surface area contributed by atoms with Gasteiger partial charge in [-0.05, 0) is 23.8 Å². The first-order valence-corrected chi connectivity index (χ1v) is 7.98. The summed E-state index contributed by atoms with van der Waals surface area (Å²) in [5, 5.41) is 12.1. The summed E-state index contributed by atoms with van der Waals surface area (Å²) in [6.07, 6.45) is 0.0265. The van der Waals surface area contributed by atoms with Crippen LogP contribution in [0.15, 0.2) is 48.5 Å². The van der Waals surface area contributed by atoms with Gasteiger partial charge in [-0.25, -0.2) is 4.79 Å². The molecule has 0 fully saturated rings. The van der Waals surface area contributed by atoms with E-state index in [0.29, 0.717) is 6.29 Å². The third-order valence-corrected chi connectivity index (χ3v) is 3.62. The van der Waals surface area contributed by atoms with Gasteiger partial charge in [-0.1, -0.05) is 30.3 Å². The highest BCUT2D eigenvalue weighted by molar-refractivity contribution is 6.00. The highest BCUT2D eigenvalue weighted by Gasteiger charge is 2.26. The average molecular weight is 370 g/mol. The maximum Gasteiger partial charge on any atom is 0.329 e. The number of primary amides is 1. The molecule has 0 saturated heterocycles. The maximum absolute atomic E-state index is 12.4. The van der Waals surface area contributed by atoms with Gasteiger partial charge in [0, 0.05) is 5.56 Å². The number of carbonyl (C=O) groups excluding carboxylic acids is 4. The number of carbonyl (C=O) groups is 4. The molecule has 140 valence electrons. The molecule has 2 aromatic carbocycles. The van der Waals surface area contributed by atoms with Gasteiger partial charge < -0.3 is 20.9 Å². The van der Waals surface area contributed by atoms with Gasteiger partial charge >= 0.3 is 5.97 Å². The molecule has 4 N–H and O–H groups in total. The predicted octanol–water partition coefficient (Wildman–Crippen LogP) is 0.922. The predicted molar refractivity (Wildman–Crippen MR) is 94.8 cm³/mol. The van der Waals surface area contributed by atoms with Crippen molar-refractivity contribution in [3.05, 3.63) is 65.2 Å². The number of hydrogen-bond acceptors (Lipinski definition) is 6. The minimum absolute atomic E-state index is 0.0450. The molecule has 0 aliphatic carbocycles. The van der Waals surface area contributed by atoms with Crippen molar-refractivity contribution >= 4 is 24.1 Å². The Hall–Kier alpha value is -3.68. The van der Waals surface area contributed by atoms with E-state index in [-0.39, 0.29) is 23.5 Å². The first-order valence-electron chi connectivity index (χ1n) is 7.98. The molecule has 2 amide bonds. The second-order valence-corrected chi connectivity index (χ2v) is 5.68. The van der Waals surface area contributed by atoms with Gasteiger partial charge in [0.15, 0.2) is 0 Å². The standard InChI is InChI=1S/C19H18N2O6/c20-17(24)9-15(19(26)27-11-12-4-2-1-3-5-12)21-18(25)14-8-13(10-22)6-7-16(14)23/h1-8,10,15,23H,9,11H2,(H2,20,24)(H,21,25)/t15-/m0/s1. The van der Waals surface area contributed by atoms with Crippen molar-refractivity contribution in [2.75, 3.05) is 0 Å². The van der Waals surface area contributed by atoms with Gasteiger partial charge in [0.05, 0.1) is 12.0 Å². The number of phenolic OH excluding ortho intramolecular Hbond substituents is 1. The van der Waals surface area contributed by atoms with Crippen molar-refractivity contribution in [3.8, 4) is 5.75 Å². The summed E-state index contributed by atoms with van der Waals surface area (Å²) in [6.45, 7) is -0.0450. The largest absolute Gasteiger partial charge is 0.507 e. The van der Waals surface area contributed by atoms with Crippen LogP contribution in [0.5, 0.6) is 5.75 Å². The molecule has 0 spiro atoms. The molecular weight excluding hydrogens is 352 g/mol. The lowest BCUT2D eigenvalue weighted by Gasteiger charge is -2.17. The number of ether oxygens (including phenoxy) is 1. The van der Waals surface area contributed by atoms with Crippen molar-refractivity contribution < 1.29 is 29.0 Å². The van der Waals surface area contributed by atoms with Gasteiger partial charge in [-0.3, -0.25) is 14.4 Å². The van der Waals surface area contributed by atoms with E-state index in [1.54, 1.807) is 30.3 Å². The van der Waals surface area contributed by atoms with Crippen LogP contribution >= 0.6 is 0 Å². The quantitative estimate of drug-likeness (QED) is 0.467. The zero-order valence-electron chi connectivity index (χ0n) is 14.3. The minimum Gasteiger partial charge on any atom is -0.507 e. The van der Waals surface area contributed by atoms with Crippen molar-refractivity contribution in [1.29, 1.82) is 0 Å². The molecule has 2 rings (SSSR count). The second-order valence-electron chi connectivity index (χ2n) is 5.68. The van der Waals surface area contributed by atoms with Crippen LogP contribution < -0.4 is 11.1 Å². The summed E-state index contributed by atoms with van der Waals surface area (Å²) in [5.41, 5.74) is 5.81. The summed E-state index contributed by atoms with van der Waals surface area (Å²) < 4.78 is 5.12. The third-order valence-electron chi connectivity index (χ3n) is 3.62. The van der Waals surface area contributed by atoms with E-state index in [0.717, 1.165) is 11.6 Å². The lowest BCUT2D eigenvalue weighted by molar-refractivity contribution is -0.148. The fourth-order valence-electron chi connectivity index (χ4n) is 2.27. The molecule has 8 nitrogen and oxygen atoms in total. The van der Waals surface area contributed by atoms with Crippen LogP contribution in [-0.2, 0) is 20.9 Å². The van der Waals surface area contributed by atoms with Gasteiger partial charge in [0.2, 0.25) is 5.91 Å². The smallest absolute Gasteiger partial charge is 0.329 e. The normalized spacial score (nSPS) is 11.3. The highest BCUT2D eigenvalue weighted by atomic mass is 16.5. The van der Waals surface area contributed by atoms with Crippen LogP contribution in [0.3, 0.4) is 0 Å². The first kappa shape index (κ1) is 19.6. The van der Waals surface area contributed by atoms with E-state index >= 15 is 0 Å². The van der Waals surface area contributed by atoms with Crippen molar-refractivity contribution in [2.24, 2.45) is 5.73 Å². The average Bonchev–Trinajstić information content (AvgIpc) is 2.66. The Kier molecular flexibility index (Phi) is 6.65. The Balaban J connectivity index is 2.11. The molecule has 0 aliphatic heterocycles. The molecule has 0 radical (unpaired) electrons. The molecule has 1 atom stereocenters. The van der Waals surface area contributed by atoms with Crippen LogP contribution in [-0.4, -0.2) is 35.2 Å². The first-order chi connectivity index (χ1) is 12.9. The number of phenols is 1. The maximum atomic E-state index is 12.4. The number of rotatable bonds is 8. The molecule has 2 aromatic rings. The van der Waals surface area contributed by atoms with Gasteiger partial charge in [0.1, 0.15) is 24.7 Å². The van der Waals surface area contributed by atoms with Crippen LogP contribution in [0.4, 0.5) is 0 Å². The molecule has 0 aliphatic rings. The third kappa shape index (κ3) is 5.67. The van der Waals surface area contributed by atoms with Crippen LogP contribution in [0.25, 0.3) is 0 Å². The summed E-state index contributed by atoms with van der Waals surface area (Å²) in [4.78, 5) is 46.7. The van der Waals surface area contributed by atoms with Crippen molar-refractivity contribution in [3.63, 3.8) is 0 Å². The number of benzene rings is 2. The summed E-state index contributed by atoms with van der Waals surface area (Å²) >= 11 is 0. The van der Waals surface area contributed by atoms with Gasteiger partial charge in [0.25, 0.3) is 5.91 Å². The fourth-order valence-corrected chi connectivity index (χ4v) is 2.27. The number of nitrogens with one attached hydrogen (secondary N) is 1. The number of aldehydes is 1. The molecule has 0 aromatic heterocycles. The summed E-state index contributed by atoms with van der Waals surface area (Å²) in [5.74, 6) is -2.90. The Labute approximate surface area is 154 Å². The summed E-state index contributed by atoms with van der Waals surface area (Å²) in [6, 6.07) is 11.2. The minimum atomic E-state index is -1.34. The van der Waals surface area contributed by atoms with Gasteiger partial charge in [-0.15, -0.1) is 0 Å². The fraction of sp³-hybridized carbons (Fsp3) is 0.158. The number of esters is 1. The SMILES string of the molecule is NC(=O)C[C@H](NC(=O)c1cc(C=O)ccc1O)C(=O)OCc1ccccc1. The van der Waals surface area contributed by atoms with E-state index in [9.17, 15) is 24.3 Å². The number of aromatic hydroxyl groups is 1. The Morgan fingerprint density at radius 1 is 1.15 bits per heavy atom. The molecule has 8 heteroatoms. The van der Waals surface area contributed by atoms with Crippen LogP contribution in [0.1, 0.15) is 32.7 Å². The second kappa shape index (κ2) is 9.14.